The first-order chi connectivity index (χ1) is 10.1. The number of carbonyl (C=O) groups is 1. The number of pyridine rings is 1. The SMILES string of the molecule is Cc1ccc(CNC(=O)COc2cccc[n+]2[O-])cc1F. The quantitative estimate of drug-likeness (QED) is 0.670. The zero-order valence-electron chi connectivity index (χ0n) is 11.5. The van der Waals surface area contributed by atoms with E-state index >= 15 is 0 Å². The van der Waals surface area contributed by atoms with Gasteiger partial charge in [0.25, 0.3) is 5.91 Å². The third kappa shape index (κ3) is 4.17. The van der Waals surface area contributed by atoms with Crippen molar-refractivity contribution in [1.82, 2.24) is 5.32 Å². The number of halogens is 1. The van der Waals surface area contributed by atoms with E-state index < -0.39 is 0 Å². The zero-order valence-corrected chi connectivity index (χ0v) is 11.5. The predicted octanol–water partition coefficient (Wildman–Crippen LogP) is 1.46. The highest BCUT2D eigenvalue weighted by Crippen LogP contribution is 2.08. The van der Waals surface area contributed by atoms with Crippen molar-refractivity contribution in [2.75, 3.05) is 6.61 Å². The predicted molar refractivity (Wildman–Crippen MR) is 73.9 cm³/mol. The molecule has 0 aliphatic rings. The van der Waals surface area contributed by atoms with Crippen molar-refractivity contribution in [1.29, 1.82) is 0 Å². The summed E-state index contributed by atoms with van der Waals surface area (Å²) in [5.74, 6) is -0.649. The van der Waals surface area contributed by atoms with Crippen LogP contribution in [0, 0.1) is 17.9 Å². The summed E-state index contributed by atoms with van der Waals surface area (Å²) in [5, 5.41) is 13.9. The molecule has 0 spiro atoms. The molecule has 0 fully saturated rings. The van der Waals surface area contributed by atoms with Crippen LogP contribution < -0.4 is 14.8 Å². The highest BCUT2D eigenvalue weighted by molar-refractivity contribution is 5.77. The Morgan fingerprint density at radius 1 is 1.38 bits per heavy atom. The van der Waals surface area contributed by atoms with E-state index in [-0.39, 0.29) is 30.8 Å². The molecule has 21 heavy (non-hydrogen) atoms. The van der Waals surface area contributed by atoms with Crippen molar-refractivity contribution in [3.8, 4) is 5.88 Å². The summed E-state index contributed by atoms with van der Waals surface area (Å²) >= 11 is 0. The molecule has 0 atom stereocenters. The Balaban J connectivity index is 1.82. The van der Waals surface area contributed by atoms with E-state index in [9.17, 15) is 14.4 Å². The lowest BCUT2D eigenvalue weighted by atomic mass is 10.1. The molecule has 0 aliphatic carbocycles. The lowest BCUT2D eigenvalue weighted by Gasteiger charge is -2.08. The minimum atomic E-state index is -0.389. The molecule has 2 rings (SSSR count). The number of hydrogen-bond donors (Lipinski definition) is 1. The van der Waals surface area contributed by atoms with Gasteiger partial charge in [-0.3, -0.25) is 4.79 Å². The Kier molecular flexibility index (Phi) is 4.71. The molecule has 0 saturated heterocycles. The van der Waals surface area contributed by atoms with Crippen LogP contribution in [-0.4, -0.2) is 12.5 Å². The maximum atomic E-state index is 13.3. The fourth-order valence-corrected chi connectivity index (χ4v) is 1.66. The second kappa shape index (κ2) is 6.69. The number of ether oxygens (including phenoxy) is 1. The van der Waals surface area contributed by atoms with E-state index in [1.54, 1.807) is 31.2 Å². The van der Waals surface area contributed by atoms with Crippen LogP contribution in [-0.2, 0) is 11.3 Å². The van der Waals surface area contributed by atoms with Gasteiger partial charge in [-0.05, 0) is 30.2 Å². The van der Waals surface area contributed by atoms with Crippen LogP contribution in [0.4, 0.5) is 4.39 Å². The number of nitrogens with one attached hydrogen (secondary N) is 1. The van der Waals surface area contributed by atoms with E-state index in [1.807, 2.05) is 0 Å². The summed E-state index contributed by atoms with van der Waals surface area (Å²) in [7, 11) is 0. The Hall–Kier alpha value is -2.63. The van der Waals surface area contributed by atoms with Gasteiger partial charge < -0.3 is 15.3 Å². The van der Waals surface area contributed by atoms with E-state index in [4.69, 9.17) is 4.74 Å². The van der Waals surface area contributed by atoms with Crippen LogP contribution in [0.15, 0.2) is 42.6 Å². The third-order valence-electron chi connectivity index (χ3n) is 2.87. The van der Waals surface area contributed by atoms with Crippen LogP contribution in [0.2, 0.25) is 0 Å². The number of nitrogens with zero attached hydrogens (tertiary/aromatic N) is 1. The van der Waals surface area contributed by atoms with Gasteiger partial charge in [0.2, 0.25) is 0 Å². The molecule has 1 N–H and O–H groups in total. The molecule has 1 amide bonds. The minimum Gasteiger partial charge on any atom is -0.616 e. The van der Waals surface area contributed by atoms with Gasteiger partial charge >= 0.3 is 5.88 Å². The van der Waals surface area contributed by atoms with Crippen LogP contribution >= 0.6 is 0 Å². The Labute approximate surface area is 121 Å². The van der Waals surface area contributed by atoms with Crippen molar-refractivity contribution in [2.45, 2.75) is 13.5 Å². The Morgan fingerprint density at radius 3 is 2.90 bits per heavy atom. The molecule has 110 valence electrons. The number of carbonyl (C=O) groups excluding carboxylic acids is 1. The summed E-state index contributed by atoms with van der Waals surface area (Å²) in [6.07, 6.45) is 1.28. The fraction of sp³-hybridized carbons (Fsp3) is 0.200. The van der Waals surface area contributed by atoms with Crippen molar-refractivity contribution in [3.05, 3.63) is 64.7 Å². The first kappa shape index (κ1) is 14.8. The molecule has 2 aromatic rings. The fourth-order valence-electron chi connectivity index (χ4n) is 1.66. The molecule has 0 radical (unpaired) electrons. The summed E-state index contributed by atoms with van der Waals surface area (Å²) in [4.78, 5) is 11.6. The molecule has 0 bridgehead atoms. The van der Waals surface area contributed by atoms with Gasteiger partial charge in [0.1, 0.15) is 5.82 Å². The maximum absolute atomic E-state index is 13.3. The smallest absolute Gasteiger partial charge is 0.379 e. The minimum absolute atomic E-state index is 0.0500. The van der Waals surface area contributed by atoms with Gasteiger partial charge in [-0.2, -0.15) is 0 Å². The second-order valence-electron chi connectivity index (χ2n) is 4.51. The van der Waals surface area contributed by atoms with Gasteiger partial charge in [-0.15, -0.1) is 4.73 Å². The number of amides is 1. The lowest BCUT2D eigenvalue weighted by Crippen LogP contribution is -2.33. The normalized spacial score (nSPS) is 10.2. The Morgan fingerprint density at radius 2 is 2.19 bits per heavy atom. The van der Waals surface area contributed by atoms with Gasteiger partial charge in [-0.25, -0.2) is 4.39 Å². The second-order valence-corrected chi connectivity index (χ2v) is 4.51. The van der Waals surface area contributed by atoms with Gasteiger partial charge in [0, 0.05) is 12.6 Å². The number of benzene rings is 1. The standard InChI is InChI=1S/C15H15FN2O3/c1-11-5-6-12(8-13(11)16)9-17-14(19)10-21-15-4-2-3-7-18(15)20/h2-8H,9-10H2,1H3,(H,17,19). The number of rotatable bonds is 5. The van der Waals surface area contributed by atoms with Crippen molar-refractivity contribution >= 4 is 5.91 Å². The van der Waals surface area contributed by atoms with Crippen molar-refractivity contribution in [3.63, 3.8) is 0 Å². The van der Waals surface area contributed by atoms with Crippen LogP contribution in [0.5, 0.6) is 5.88 Å². The number of aromatic nitrogens is 1. The largest absolute Gasteiger partial charge is 0.616 e. The molecule has 5 nitrogen and oxygen atoms in total. The van der Waals surface area contributed by atoms with Crippen molar-refractivity contribution < 1.29 is 18.7 Å². The molecular formula is C15H15FN2O3. The average Bonchev–Trinajstić information content (AvgIpc) is 2.47. The van der Waals surface area contributed by atoms with Crippen LogP contribution in [0.1, 0.15) is 11.1 Å². The lowest BCUT2D eigenvalue weighted by molar-refractivity contribution is -0.612. The third-order valence-corrected chi connectivity index (χ3v) is 2.87. The molecular weight excluding hydrogens is 275 g/mol. The summed E-state index contributed by atoms with van der Waals surface area (Å²) in [6.45, 7) is 1.59. The molecule has 0 aliphatic heterocycles. The van der Waals surface area contributed by atoms with E-state index in [2.05, 4.69) is 5.32 Å². The molecule has 6 heteroatoms. The first-order valence-electron chi connectivity index (χ1n) is 6.39. The van der Waals surface area contributed by atoms with Gasteiger partial charge in [0.05, 0.1) is 6.07 Å². The first-order valence-corrected chi connectivity index (χ1v) is 6.39. The van der Waals surface area contributed by atoms with Crippen LogP contribution in [0.3, 0.4) is 0 Å². The highest BCUT2D eigenvalue weighted by atomic mass is 19.1. The molecule has 1 aromatic heterocycles. The van der Waals surface area contributed by atoms with E-state index in [0.717, 1.165) is 0 Å². The molecule has 0 saturated carbocycles. The number of aryl methyl sites for hydroxylation is 1. The summed E-state index contributed by atoms with van der Waals surface area (Å²) in [5.41, 5.74) is 1.21. The molecule has 1 heterocycles. The van der Waals surface area contributed by atoms with E-state index in [0.29, 0.717) is 15.9 Å². The average molecular weight is 290 g/mol. The zero-order chi connectivity index (χ0) is 15.2. The molecule has 0 unspecified atom stereocenters. The van der Waals surface area contributed by atoms with E-state index in [1.165, 1.54) is 18.3 Å². The number of hydrogen-bond acceptors (Lipinski definition) is 3. The topological polar surface area (TPSA) is 65.3 Å². The van der Waals surface area contributed by atoms with Crippen LogP contribution in [0.25, 0.3) is 0 Å². The Bertz CT molecular complexity index is 647. The monoisotopic (exact) mass is 290 g/mol. The summed E-state index contributed by atoms with van der Waals surface area (Å²) in [6, 6.07) is 9.43. The van der Waals surface area contributed by atoms with Gasteiger partial charge in [-0.1, -0.05) is 12.1 Å². The maximum Gasteiger partial charge on any atom is 0.379 e. The van der Waals surface area contributed by atoms with Gasteiger partial charge in [0.15, 0.2) is 12.8 Å². The molecule has 1 aromatic carbocycles. The van der Waals surface area contributed by atoms with Crippen molar-refractivity contribution in [2.24, 2.45) is 0 Å². The summed E-state index contributed by atoms with van der Waals surface area (Å²) < 4.78 is 19.0. The highest BCUT2D eigenvalue weighted by Gasteiger charge is 2.08.